The molecule has 1 unspecified atom stereocenters. The normalized spacial score (nSPS) is 15.5. The van der Waals surface area contributed by atoms with E-state index in [4.69, 9.17) is 4.74 Å². The zero-order valence-corrected chi connectivity index (χ0v) is 15.6. The first kappa shape index (κ1) is 17.2. The van der Waals surface area contributed by atoms with Crippen LogP contribution >= 0.6 is 11.3 Å². The van der Waals surface area contributed by atoms with E-state index in [9.17, 15) is 9.59 Å². The van der Waals surface area contributed by atoms with Gasteiger partial charge in [-0.3, -0.25) is 14.9 Å². The number of aryl methyl sites for hydroxylation is 1. The maximum absolute atomic E-state index is 12.4. The minimum absolute atomic E-state index is 0.177. The average molecular weight is 379 g/mol. The quantitative estimate of drug-likeness (QED) is 0.718. The molecule has 0 spiro atoms. The fourth-order valence-corrected chi connectivity index (χ4v) is 3.50. The molecule has 136 valence electrons. The van der Waals surface area contributed by atoms with Crippen LogP contribution in [-0.2, 0) is 4.79 Å². The maximum atomic E-state index is 12.4. The lowest BCUT2D eigenvalue weighted by Gasteiger charge is -2.23. The molecule has 2 aromatic carbocycles. The standard InChI is InChI=1S/C20H17N3O3S/c1-11-4-3-5-14(8-11)19(25)23-20-22-16(10-27-20)13-6-7-17-15(9-13)21-18(24)12(2)26-17/h3-10,12H,1-2H3,(H,21,24)(H,22,23,25). The van der Waals surface area contributed by atoms with Gasteiger partial charge in [-0.25, -0.2) is 4.98 Å². The average Bonchev–Trinajstić information content (AvgIpc) is 3.11. The van der Waals surface area contributed by atoms with Crippen molar-refractivity contribution >= 4 is 34.0 Å². The molecule has 1 aliphatic rings. The van der Waals surface area contributed by atoms with Crippen molar-refractivity contribution in [3.63, 3.8) is 0 Å². The summed E-state index contributed by atoms with van der Waals surface area (Å²) in [5.41, 5.74) is 3.79. The summed E-state index contributed by atoms with van der Waals surface area (Å²) >= 11 is 1.35. The van der Waals surface area contributed by atoms with Gasteiger partial charge in [0.25, 0.3) is 11.8 Å². The smallest absolute Gasteiger partial charge is 0.265 e. The molecule has 3 aromatic rings. The lowest BCUT2D eigenvalue weighted by molar-refractivity contribution is -0.122. The first-order valence-corrected chi connectivity index (χ1v) is 9.33. The van der Waals surface area contributed by atoms with Crippen LogP contribution in [0.5, 0.6) is 5.75 Å². The Kier molecular flexibility index (Phi) is 4.37. The Labute approximate surface area is 160 Å². The second kappa shape index (κ2) is 6.85. The molecular formula is C20H17N3O3S. The molecule has 2 heterocycles. The Bertz CT molecular complexity index is 1040. The minimum atomic E-state index is -0.508. The van der Waals surface area contributed by atoms with Crippen LogP contribution in [0.15, 0.2) is 47.8 Å². The van der Waals surface area contributed by atoms with Crippen LogP contribution in [-0.4, -0.2) is 22.9 Å². The minimum Gasteiger partial charge on any atom is -0.479 e. The van der Waals surface area contributed by atoms with Crippen LogP contribution in [0.1, 0.15) is 22.8 Å². The van der Waals surface area contributed by atoms with E-state index in [-0.39, 0.29) is 11.8 Å². The highest BCUT2D eigenvalue weighted by atomic mass is 32.1. The Morgan fingerprint density at radius 3 is 2.93 bits per heavy atom. The molecule has 6 nitrogen and oxygen atoms in total. The van der Waals surface area contributed by atoms with Crippen molar-refractivity contribution in [2.24, 2.45) is 0 Å². The zero-order valence-electron chi connectivity index (χ0n) is 14.8. The van der Waals surface area contributed by atoms with Gasteiger partial charge >= 0.3 is 0 Å². The van der Waals surface area contributed by atoms with Gasteiger partial charge in [-0.2, -0.15) is 0 Å². The fraction of sp³-hybridized carbons (Fsp3) is 0.150. The number of anilines is 2. The molecule has 0 fully saturated rings. The zero-order chi connectivity index (χ0) is 19.0. The molecule has 0 saturated heterocycles. The molecule has 0 radical (unpaired) electrons. The predicted octanol–water partition coefficient (Wildman–Crippen LogP) is 4.09. The number of aromatic nitrogens is 1. The molecule has 0 bridgehead atoms. The van der Waals surface area contributed by atoms with E-state index in [0.717, 1.165) is 16.8 Å². The van der Waals surface area contributed by atoms with Crippen molar-refractivity contribution in [3.05, 3.63) is 59.0 Å². The van der Waals surface area contributed by atoms with Gasteiger partial charge in [0.05, 0.1) is 11.4 Å². The number of ether oxygens (including phenoxy) is 1. The van der Waals surface area contributed by atoms with E-state index in [0.29, 0.717) is 22.1 Å². The van der Waals surface area contributed by atoms with Gasteiger partial charge in [0.2, 0.25) is 0 Å². The van der Waals surface area contributed by atoms with Gasteiger partial charge in [0.1, 0.15) is 5.75 Å². The van der Waals surface area contributed by atoms with Crippen molar-refractivity contribution in [3.8, 4) is 17.0 Å². The molecule has 2 N–H and O–H groups in total. The summed E-state index contributed by atoms with van der Waals surface area (Å²) in [5, 5.41) is 8.03. The molecule has 4 rings (SSSR count). The van der Waals surface area contributed by atoms with Gasteiger partial charge in [0.15, 0.2) is 11.2 Å². The highest BCUT2D eigenvalue weighted by Crippen LogP contribution is 2.35. The van der Waals surface area contributed by atoms with Crippen LogP contribution < -0.4 is 15.4 Å². The summed E-state index contributed by atoms with van der Waals surface area (Å²) in [5.74, 6) is 0.262. The monoisotopic (exact) mass is 379 g/mol. The van der Waals surface area contributed by atoms with E-state index in [1.807, 2.05) is 48.7 Å². The van der Waals surface area contributed by atoms with E-state index in [2.05, 4.69) is 15.6 Å². The van der Waals surface area contributed by atoms with E-state index >= 15 is 0 Å². The third-order valence-electron chi connectivity index (χ3n) is 4.21. The van der Waals surface area contributed by atoms with Gasteiger partial charge in [-0.1, -0.05) is 17.7 Å². The topological polar surface area (TPSA) is 80.3 Å². The molecule has 27 heavy (non-hydrogen) atoms. The summed E-state index contributed by atoms with van der Waals surface area (Å²) in [4.78, 5) is 28.6. The number of thiazole rings is 1. The fourth-order valence-electron chi connectivity index (χ4n) is 2.79. The number of amides is 2. The molecule has 0 saturated carbocycles. The van der Waals surface area contributed by atoms with E-state index in [1.165, 1.54) is 11.3 Å². The van der Waals surface area contributed by atoms with Gasteiger partial charge in [-0.15, -0.1) is 11.3 Å². The van der Waals surface area contributed by atoms with Crippen molar-refractivity contribution in [2.75, 3.05) is 10.6 Å². The number of carbonyl (C=O) groups is 2. The van der Waals surface area contributed by atoms with Gasteiger partial charge in [-0.05, 0) is 44.2 Å². The molecule has 7 heteroatoms. The van der Waals surface area contributed by atoms with Crippen LogP contribution in [0.25, 0.3) is 11.3 Å². The first-order chi connectivity index (χ1) is 13.0. The number of nitrogens with zero attached hydrogens (tertiary/aromatic N) is 1. The third kappa shape index (κ3) is 3.54. The number of fused-ring (bicyclic) bond motifs is 1. The van der Waals surface area contributed by atoms with Crippen LogP contribution in [0.2, 0.25) is 0 Å². The van der Waals surface area contributed by atoms with Gasteiger partial charge < -0.3 is 10.1 Å². The number of rotatable bonds is 3. The summed E-state index contributed by atoms with van der Waals surface area (Å²) in [6.45, 7) is 3.65. The van der Waals surface area contributed by atoms with Crippen LogP contribution in [0.3, 0.4) is 0 Å². The molecule has 2 amide bonds. The number of nitrogens with one attached hydrogen (secondary N) is 2. The van der Waals surface area contributed by atoms with Crippen molar-refractivity contribution < 1.29 is 14.3 Å². The summed E-state index contributed by atoms with van der Waals surface area (Å²) in [7, 11) is 0. The van der Waals surface area contributed by atoms with Crippen molar-refractivity contribution in [2.45, 2.75) is 20.0 Å². The Hall–Kier alpha value is -3.19. The lowest BCUT2D eigenvalue weighted by Crippen LogP contribution is -2.34. The Morgan fingerprint density at radius 1 is 1.26 bits per heavy atom. The largest absolute Gasteiger partial charge is 0.479 e. The molecule has 1 atom stereocenters. The number of hydrogen-bond acceptors (Lipinski definition) is 5. The number of benzene rings is 2. The van der Waals surface area contributed by atoms with Gasteiger partial charge in [0, 0.05) is 16.5 Å². The molecular weight excluding hydrogens is 362 g/mol. The predicted molar refractivity (Wildman–Crippen MR) is 105 cm³/mol. The van der Waals surface area contributed by atoms with Crippen LogP contribution in [0, 0.1) is 6.92 Å². The number of hydrogen-bond donors (Lipinski definition) is 2. The summed E-state index contributed by atoms with van der Waals surface area (Å²) < 4.78 is 5.56. The molecule has 0 aliphatic carbocycles. The second-order valence-electron chi connectivity index (χ2n) is 6.32. The number of carbonyl (C=O) groups excluding carboxylic acids is 2. The van der Waals surface area contributed by atoms with Crippen LogP contribution in [0.4, 0.5) is 10.8 Å². The molecule has 1 aromatic heterocycles. The highest BCUT2D eigenvalue weighted by Gasteiger charge is 2.24. The second-order valence-corrected chi connectivity index (χ2v) is 7.18. The van der Waals surface area contributed by atoms with Crippen molar-refractivity contribution in [1.29, 1.82) is 0 Å². The van der Waals surface area contributed by atoms with Crippen molar-refractivity contribution in [1.82, 2.24) is 4.98 Å². The third-order valence-corrected chi connectivity index (χ3v) is 4.97. The highest BCUT2D eigenvalue weighted by molar-refractivity contribution is 7.14. The lowest BCUT2D eigenvalue weighted by atomic mass is 10.1. The van der Waals surface area contributed by atoms with E-state index < -0.39 is 6.10 Å². The SMILES string of the molecule is Cc1cccc(C(=O)Nc2nc(-c3ccc4c(c3)NC(=O)C(C)O4)cs2)c1. The molecule has 1 aliphatic heterocycles. The summed E-state index contributed by atoms with van der Waals surface area (Å²) in [6.07, 6.45) is -0.508. The Morgan fingerprint density at radius 2 is 2.11 bits per heavy atom. The first-order valence-electron chi connectivity index (χ1n) is 8.45. The van der Waals surface area contributed by atoms with E-state index in [1.54, 1.807) is 13.0 Å². The summed E-state index contributed by atoms with van der Waals surface area (Å²) in [6, 6.07) is 12.9. The Balaban J connectivity index is 1.54. The maximum Gasteiger partial charge on any atom is 0.265 e.